The van der Waals surface area contributed by atoms with E-state index in [0.29, 0.717) is 5.69 Å². The molecule has 5 heteroatoms. The van der Waals surface area contributed by atoms with Crippen molar-refractivity contribution in [2.75, 3.05) is 31.1 Å². The Kier molecular flexibility index (Phi) is 3.18. The highest BCUT2D eigenvalue weighted by molar-refractivity contribution is 5.92. The van der Waals surface area contributed by atoms with E-state index in [1.54, 1.807) is 12.4 Å². The van der Waals surface area contributed by atoms with Crippen molar-refractivity contribution in [1.82, 2.24) is 14.9 Å². The fraction of sp³-hybridized carbons (Fsp3) is 0.286. The van der Waals surface area contributed by atoms with Crippen LogP contribution in [-0.2, 0) is 0 Å². The predicted molar refractivity (Wildman–Crippen MR) is 73.1 cm³/mol. The summed E-state index contributed by atoms with van der Waals surface area (Å²) in [6.45, 7) is 3.11. The van der Waals surface area contributed by atoms with Gasteiger partial charge in [0.25, 0.3) is 5.91 Å². The predicted octanol–water partition coefficient (Wildman–Crippen LogP) is 1.37. The van der Waals surface area contributed by atoms with Crippen LogP contribution in [0.4, 0.5) is 5.82 Å². The molecule has 0 bridgehead atoms. The van der Waals surface area contributed by atoms with Crippen LogP contribution in [0.1, 0.15) is 10.5 Å². The van der Waals surface area contributed by atoms with Gasteiger partial charge < -0.3 is 14.8 Å². The Morgan fingerprint density at radius 2 is 1.95 bits per heavy atom. The number of carbonyl (C=O) groups is 1. The van der Waals surface area contributed by atoms with Crippen LogP contribution >= 0.6 is 0 Å². The topological polar surface area (TPSA) is 52.2 Å². The first kappa shape index (κ1) is 11.8. The number of hydrogen-bond donors (Lipinski definition) is 1. The van der Waals surface area contributed by atoms with Gasteiger partial charge in [0.05, 0.1) is 0 Å². The third-order valence-electron chi connectivity index (χ3n) is 3.37. The molecule has 1 amide bonds. The first-order valence-electron chi connectivity index (χ1n) is 6.43. The van der Waals surface area contributed by atoms with Crippen LogP contribution < -0.4 is 4.90 Å². The number of amides is 1. The lowest BCUT2D eigenvalue weighted by atomic mass is 10.2. The number of piperazine rings is 1. The molecule has 1 fully saturated rings. The van der Waals surface area contributed by atoms with E-state index in [9.17, 15) is 4.79 Å². The molecule has 1 N–H and O–H groups in total. The van der Waals surface area contributed by atoms with Crippen molar-refractivity contribution in [3.8, 4) is 0 Å². The molecule has 5 nitrogen and oxygen atoms in total. The average Bonchev–Trinajstić information content (AvgIpc) is 3.02. The zero-order valence-corrected chi connectivity index (χ0v) is 10.6. The highest BCUT2D eigenvalue weighted by Gasteiger charge is 2.22. The highest BCUT2D eigenvalue weighted by Crippen LogP contribution is 2.13. The van der Waals surface area contributed by atoms with Crippen LogP contribution in [0.15, 0.2) is 42.7 Å². The number of H-pyrrole nitrogens is 1. The summed E-state index contributed by atoms with van der Waals surface area (Å²) >= 11 is 0. The van der Waals surface area contributed by atoms with Crippen molar-refractivity contribution >= 4 is 11.7 Å². The van der Waals surface area contributed by atoms with Gasteiger partial charge in [0.2, 0.25) is 0 Å². The van der Waals surface area contributed by atoms with Gasteiger partial charge >= 0.3 is 0 Å². The van der Waals surface area contributed by atoms with Crippen molar-refractivity contribution in [2.45, 2.75) is 0 Å². The number of aromatic amines is 1. The van der Waals surface area contributed by atoms with Gasteiger partial charge in [0.15, 0.2) is 0 Å². The van der Waals surface area contributed by atoms with Gasteiger partial charge in [-0.1, -0.05) is 6.07 Å². The number of rotatable bonds is 2. The molecule has 0 unspecified atom stereocenters. The lowest BCUT2D eigenvalue weighted by molar-refractivity contribution is 0.0741. The molecular formula is C14H16N4O. The molecule has 0 atom stereocenters. The van der Waals surface area contributed by atoms with Crippen LogP contribution in [0.2, 0.25) is 0 Å². The lowest BCUT2D eigenvalue weighted by Gasteiger charge is -2.35. The average molecular weight is 256 g/mol. The second kappa shape index (κ2) is 5.14. The summed E-state index contributed by atoms with van der Waals surface area (Å²) in [6, 6.07) is 9.56. The quantitative estimate of drug-likeness (QED) is 0.883. The van der Waals surface area contributed by atoms with Crippen LogP contribution in [0.5, 0.6) is 0 Å². The number of nitrogens with zero attached hydrogens (tertiary/aromatic N) is 3. The van der Waals surface area contributed by atoms with Gasteiger partial charge in [-0.05, 0) is 24.3 Å². The Labute approximate surface area is 111 Å². The van der Waals surface area contributed by atoms with Gasteiger partial charge in [-0.25, -0.2) is 4.98 Å². The third kappa shape index (κ3) is 2.45. The van der Waals surface area contributed by atoms with E-state index in [0.717, 1.165) is 32.0 Å². The smallest absolute Gasteiger partial charge is 0.270 e. The summed E-state index contributed by atoms with van der Waals surface area (Å²) in [5.41, 5.74) is 0.659. The normalized spacial score (nSPS) is 15.6. The summed E-state index contributed by atoms with van der Waals surface area (Å²) in [4.78, 5) is 23.6. The van der Waals surface area contributed by atoms with Gasteiger partial charge in [0.1, 0.15) is 11.5 Å². The summed E-state index contributed by atoms with van der Waals surface area (Å²) in [7, 11) is 0. The number of aromatic nitrogens is 2. The van der Waals surface area contributed by atoms with E-state index in [2.05, 4.69) is 14.9 Å². The molecule has 0 saturated carbocycles. The van der Waals surface area contributed by atoms with E-state index in [-0.39, 0.29) is 5.91 Å². The van der Waals surface area contributed by atoms with Crippen molar-refractivity contribution in [3.05, 3.63) is 48.4 Å². The fourth-order valence-electron chi connectivity index (χ4n) is 2.31. The maximum Gasteiger partial charge on any atom is 0.270 e. The van der Waals surface area contributed by atoms with Crippen molar-refractivity contribution in [3.63, 3.8) is 0 Å². The molecule has 2 aromatic rings. The minimum Gasteiger partial charge on any atom is -0.357 e. The first-order valence-corrected chi connectivity index (χ1v) is 6.43. The molecule has 3 heterocycles. The molecule has 0 spiro atoms. The van der Waals surface area contributed by atoms with E-state index >= 15 is 0 Å². The number of pyridine rings is 1. The Bertz CT molecular complexity index is 530. The Balaban J connectivity index is 1.62. The molecule has 0 aliphatic carbocycles. The number of anilines is 1. The summed E-state index contributed by atoms with van der Waals surface area (Å²) in [5, 5.41) is 0. The summed E-state index contributed by atoms with van der Waals surface area (Å²) < 4.78 is 0. The largest absolute Gasteiger partial charge is 0.357 e. The molecule has 19 heavy (non-hydrogen) atoms. The van der Waals surface area contributed by atoms with Gasteiger partial charge in [-0.3, -0.25) is 4.79 Å². The molecule has 1 saturated heterocycles. The summed E-state index contributed by atoms with van der Waals surface area (Å²) in [6.07, 6.45) is 3.57. The number of carbonyl (C=O) groups excluding carboxylic acids is 1. The Morgan fingerprint density at radius 1 is 1.11 bits per heavy atom. The molecule has 0 aromatic carbocycles. The number of hydrogen-bond acceptors (Lipinski definition) is 3. The van der Waals surface area contributed by atoms with Gasteiger partial charge in [-0.2, -0.15) is 0 Å². The standard InChI is InChI=1S/C14H16N4O/c19-14(12-4-3-7-15-12)18-10-8-17(9-11-18)13-5-1-2-6-16-13/h1-7,15H,8-11H2. The molecule has 0 radical (unpaired) electrons. The maximum atomic E-state index is 12.2. The third-order valence-corrected chi connectivity index (χ3v) is 3.37. The van der Waals surface area contributed by atoms with Crippen LogP contribution in [0.3, 0.4) is 0 Å². The van der Waals surface area contributed by atoms with Gasteiger partial charge in [0, 0.05) is 38.6 Å². The van der Waals surface area contributed by atoms with Crippen molar-refractivity contribution < 1.29 is 4.79 Å². The van der Waals surface area contributed by atoms with Gasteiger partial charge in [-0.15, -0.1) is 0 Å². The highest BCUT2D eigenvalue weighted by atomic mass is 16.2. The fourth-order valence-corrected chi connectivity index (χ4v) is 2.31. The van der Waals surface area contributed by atoms with E-state index in [1.807, 2.05) is 35.2 Å². The van der Waals surface area contributed by atoms with Crippen LogP contribution in [-0.4, -0.2) is 47.0 Å². The van der Waals surface area contributed by atoms with E-state index in [4.69, 9.17) is 0 Å². The number of nitrogens with one attached hydrogen (secondary N) is 1. The van der Waals surface area contributed by atoms with E-state index in [1.165, 1.54) is 0 Å². The van der Waals surface area contributed by atoms with Crippen LogP contribution in [0.25, 0.3) is 0 Å². The molecular weight excluding hydrogens is 240 g/mol. The second-order valence-corrected chi connectivity index (χ2v) is 4.55. The monoisotopic (exact) mass is 256 g/mol. The SMILES string of the molecule is O=C(c1ccc[nH]1)N1CCN(c2ccccn2)CC1. The maximum absolute atomic E-state index is 12.2. The molecule has 1 aliphatic heterocycles. The van der Waals surface area contributed by atoms with Crippen LogP contribution in [0, 0.1) is 0 Å². The first-order chi connectivity index (χ1) is 9.34. The minimum atomic E-state index is 0.0747. The molecule has 3 rings (SSSR count). The van der Waals surface area contributed by atoms with Crippen molar-refractivity contribution in [2.24, 2.45) is 0 Å². The Hall–Kier alpha value is -2.30. The zero-order chi connectivity index (χ0) is 13.1. The minimum absolute atomic E-state index is 0.0747. The lowest BCUT2D eigenvalue weighted by Crippen LogP contribution is -2.49. The zero-order valence-electron chi connectivity index (χ0n) is 10.6. The molecule has 1 aliphatic rings. The molecule has 2 aromatic heterocycles. The second-order valence-electron chi connectivity index (χ2n) is 4.55. The van der Waals surface area contributed by atoms with Crippen molar-refractivity contribution in [1.29, 1.82) is 0 Å². The Morgan fingerprint density at radius 3 is 2.58 bits per heavy atom. The molecule has 98 valence electrons. The van der Waals surface area contributed by atoms with E-state index < -0.39 is 0 Å². The summed E-state index contributed by atoms with van der Waals surface area (Å²) in [5.74, 6) is 1.06.